The van der Waals surface area contributed by atoms with E-state index < -0.39 is 6.08 Å². The van der Waals surface area contributed by atoms with E-state index >= 15 is 0 Å². The van der Waals surface area contributed by atoms with Crippen LogP contribution >= 0.6 is 0 Å². The summed E-state index contributed by atoms with van der Waals surface area (Å²) in [4.78, 5) is 0. The van der Waals surface area contributed by atoms with Gasteiger partial charge in [0.25, 0.3) is 6.08 Å². The summed E-state index contributed by atoms with van der Waals surface area (Å²) in [6.45, 7) is 4.04. The van der Waals surface area contributed by atoms with E-state index in [1.165, 1.54) is 57.8 Å². The average molecular weight is 385 g/mol. The minimum atomic E-state index is -1.53. The van der Waals surface area contributed by atoms with Crippen molar-refractivity contribution in [3.05, 3.63) is 12.2 Å². The van der Waals surface area contributed by atoms with Crippen LogP contribution in [0, 0.1) is 29.6 Å². The van der Waals surface area contributed by atoms with Crippen LogP contribution in [0.25, 0.3) is 0 Å². The van der Waals surface area contributed by atoms with Gasteiger partial charge in [-0.2, -0.15) is 8.78 Å². The third kappa shape index (κ3) is 6.52. The van der Waals surface area contributed by atoms with Crippen molar-refractivity contribution in [3.63, 3.8) is 0 Å². The molecule has 0 bridgehead atoms. The summed E-state index contributed by atoms with van der Waals surface area (Å²) < 4.78 is 36.5. The standard InChI is InChI=1S/C23H38F2O2/c1-2-17-7-13-20(14-8-17)23-26-15-21(16-27-23)19-11-9-18(10-12-19)5-3-4-6-22(24)25/h6,17-21,23H,2-5,7-16H2,1H3. The van der Waals surface area contributed by atoms with Crippen molar-refractivity contribution in [2.45, 2.75) is 90.3 Å². The lowest BCUT2D eigenvalue weighted by Gasteiger charge is -2.41. The predicted octanol–water partition coefficient (Wildman–Crippen LogP) is 6.95. The number of halogens is 2. The Morgan fingerprint density at radius 2 is 1.41 bits per heavy atom. The number of hydrogen-bond donors (Lipinski definition) is 0. The Morgan fingerprint density at radius 1 is 0.815 bits per heavy atom. The highest BCUT2D eigenvalue weighted by Gasteiger charge is 2.35. The van der Waals surface area contributed by atoms with Crippen LogP contribution in [0.2, 0.25) is 0 Å². The molecule has 1 aliphatic heterocycles. The second-order valence-corrected chi connectivity index (χ2v) is 9.19. The summed E-state index contributed by atoms with van der Waals surface area (Å²) >= 11 is 0. The number of allylic oxidation sites excluding steroid dienone is 1. The summed E-state index contributed by atoms with van der Waals surface area (Å²) in [5, 5.41) is 0. The second kappa shape index (κ2) is 10.9. The van der Waals surface area contributed by atoms with Crippen LogP contribution in [-0.2, 0) is 9.47 Å². The third-order valence-electron chi connectivity index (χ3n) is 7.48. The lowest BCUT2D eigenvalue weighted by molar-refractivity contribution is -0.237. The highest BCUT2D eigenvalue weighted by atomic mass is 19.3. The first-order valence-corrected chi connectivity index (χ1v) is 11.4. The van der Waals surface area contributed by atoms with Crippen LogP contribution in [0.5, 0.6) is 0 Å². The summed E-state index contributed by atoms with van der Waals surface area (Å²) in [7, 11) is 0. The zero-order chi connectivity index (χ0) is 19.1. The molecule has 0 radical (unpaired) electrons. The van der Waals surface area contributed by atoms with Crippen molar-refractivity contribution in [2.75, 3.05) is 13.2 Å². The van der Waals surface area contributed by atoms with Gasteiger partial charge in [0.1, 0.15) is 0 Å². The molecule has 1 saturated heterocycles. The zero-order valence-corrected chi connectivity index (χ0v) is 17.0. The van der Waals surface area contributed by atoms with E-state index in [2.05, 4.69) is 6.92 Å². The number of hydrogen-bond acceptors (Lipinski definition) is 2. The van der Waals surface area contributed by atoms with Gasteiger partial charge in [0, 0.05) is 11.8 Å². The SMILES string of the molecule is CCC1CCC(C2OCC(C3CCC(CCCC=C(F)F)CC3)CO2)CC1. The van der Waals surface area contributed by atoms with Gasteiger partial charge in [-0.05, 0) is 62.4 Å². The molecule has 27 heavy (non-hydrogen) atoms. The van der Waals surface area contributed by atoms with Crippen molar-refractivity contribution < 1.29 is 18.3 Å². The fraction of sp³-hybridized carbons (Fsp3) is 0.913. The molecule has 3 rings (SSSR count). The Hall–Kier alpha value is -0.480. The molecule has 0 amide bonds. The molecule has 2 saturated carbocycles. The molecule has 1 heterocycles. The molecule has 4 heteroatoms. The van der Waals surface area contributed by atoms with Gasteiger partial charge in [-0.25, -0.2) is 0 Å². The molecule has 0 spiro atoms. The van der Waals surface area contributed by atoms with Gasteiger partial charge in [-0.1, -0.05) is 45.4 Å². The van der Waals surface area contributed by atoms with Gasteiger partial charge >= 0.3 is 0 Å². The van der Waals surface area contributed by atoms with Crippen LogP contribution in [0.15, 0.2) is 12.2 Å². The molecule has 0 aromatic carbocycles. The Morgan fingerprint density at radius 3 is 2.00 bits per heavy atom. The number of rotatable bonds is 7. The fourth-order valence-electron chi connectivity index (χ4n) is 5.51. The largest absolute Gasteiger partial charge is 0.352 e. The Kier molecular flexibility index (Phi) is 8.57. The van der Waals surface area contributed by atoms with E-state index in [1.54, 1.807) is 0 Å². The van der Waals surface area contributed by atoms with Gasteiger partial charge in [0.2, 0.25) is 0 Å². The van der Waals surface area contributed by atoms with Crippen LogP contribution < -0.4 is 0 Å². The van der Waals surface area contributed by atoms with E-state index in [4.69, 9.17) is 9.47 Å². The smallest absolute Gasteiger partial charge is 0.266 e. The van der Waals surface area contributed by atoms with Gasteiger partial charge in [-0.15, -0.1) is 0 Å². The monoisotopic (exact) mass is 384 g/mol. The molecular weight excluding hydrogens is 346 g/mol. The average Bonchev–Trinajstić information content (AvgIpc) is 2.72. The molecule has 0 unspecified atom stereocenters. The van der Waals surface area contributed by atoms with Crippen molar-refractivity contribution in [1.82, 2.24) is 0 Å². The highest BCUT2D eigenvalue weighted by molar-refractivity contribution is 4.83. The maximum Gasteiger partial charge on any atom is 0.266 e. The van der Waals surface area contributed by atoms with Gasteiger partial charge in [-0.3, -0.25) is 0 Å². The second-order valence-electron chi connectivity index (χ2n) is 9.19. The van der Waals surface area contributed by atoms with Gasteiger partial charge < -0.3 is 9.47 Å². The molecule has 3 fully saturated rings. The van der Waals surface area contributed by atoms with Crippen molar-refractivity contribution in [2.24, 2.45) is 29.6 Å². The van der Waals surface area contributed by atoms with E-state index in [0.29, 0.717) is 18.3 Å². The molecule has 0 N–H and O–H groups in total. The first-order valence-electron chi connectivity index (χ1n) is 11.4. The number of unbranched alkanes of at least 4 members (excludes halogenated alkanes) is 1. The summed E-state index contributed by atoms with van der Waals surface area (Å²) in [5.41, 5.74) is 0. The normalized spacial score (nSPS) is 37.7. The lowest BCUT2D eigenvalue weighted by atomic mass is 9.74. The van der Waals surface area contributed by atoms with Crippen LogP contribution in [0.3, 0.4) is 0 Å². The first-order chi connectivity index (χ1) is 13.2. The van der Waals surface area contributed by atoms with Crippen LogP contribution in [0.1, 0.15) is 84.0 Å². The minimum Gasteiger partial charge on any atom is -0.352 e. The van der Waals surface area contributed by atoms with E-state index in [9.17, 15) is 8.78 Å². The Balaban J connectivity index is 1.31. The maximum absolute atomic E-state index is 12.1. The molecule has 156 valence electrons. The summed E-state index contributed by atoms with van der Waals surface area (Å²) in [6.07, 6.45) is 13.6. The topological polar surface area (TPSA) is 18.5 Å². The van der Waals surface area contributed by atoms with E-state index in [0.717, 1.165) is 49.9 Å². The van der Waals surface area contributed by atoms with E-state index in [1.807, 2.05) is 0 Å². The van der Waals surface area contributed by atoms with E-state index in [-0.39, 0.29) is 6.29 Å². The summed E-state index contributed by atoms with van der Waals surface area (Å²) in [5.74, 6) is 3.52. The summed E-state index contributed by atoms with van der Waals surface area (Å²) in [6, 6.07) is 0. The highest BCUT2D eigenvalue weighted by Crippen LogP contribution is 2.39. The van der Waals surface area contributed by atoms with Crippen molar-refractivity contribution in [1.29, 1.82) is 0 Å². The fourth-order valence-corrected chi connectivity index (χ4v) is 5.51. The Labute approximate surface area is 164 Å². The van der Waals surface area contributed by atoms with Crippen molar-refractivity contribution >= 4 is 0 Å². The maximum atomic E-state index is 12.1. The molecular formula is C23H38F2O2. The predicted molar refractivity (Wildman–Crippen MR) is 105 cm³/mol. The molecule has 3 aliphatic rings. The molecule has 0 aromatic heterocycles. The zero-order valence-electron chi connectivity index (χ0n) is 17.0. The van der Waals surface area contributed by atoms with Crippen molar-refractivity contribution in [3.8, 4) is 0 Å². The molecule has 2 nitrogen and oxygen atoms in total. The molecule has 0 aromatic rings. The number of ether oxygens (including phenoxy) is 2. The minimum absolute atomic E-state index is 0.0411. The van der Waals surface area contributed by atoms with Gasteiger partial charge in [0.15, 0.2) is 6.29 Å². The third-order valence-corrected chi connectivity index (χ3v) is 7.48. The van der Waals surface area contributed by atoms with Gasteiger partial charge in [0.05, 0.1) is 13.2 Å². The molecule has 2 aliphatic carbocycles. The first kappa shape index (κ1) is 21.2. The van der Waals surface area contributed by atoms with Crippen LogP contribution in [-0.4, -0.2) is 19.5 Å². The van der Waals surface area contributed by atoms with Crippen LogP contribution in [0.4, 0.5) is 8.78 Å². The quantitative estimate of drug-likeness (QED) is 0.442. The molecule has 0 atom stereocenters. The lowest BCUT2D eigenvalue weighted by Crippen LogP contribution is -2.41. The Bertz CT molecular complexity index is 439.